The number of hydrogen-bond acceptors (Lipinski definition) is 6. The van der Waals surface area contributed by atoms with Crippen LogP contribution in [0.2, 0.25) is 0 Å². The molecule has 4 rings (SSSR count). The van der Waals surface area contributed by atoms with E-state index in [1.807, 2.05) is 30.3 Å². The molecule has 1 saturated heterocycles. The minimum Gasteiger partial charge on any atom is -0.441 e. The zero-order valence-electron chi connectivity index (χ0n) is 16.6. The largest absolute Gasteiger partial charge is 0.441 e. The molecule has 7 heteroatoms. The average Bonchev–Trinajstić information content (AvgIpc) is 3.24. The minimum atomic E-state index is -1.61. The molecule has 0 saturated carbocycles. The molecule has 152 valence electrons. The van der Waals surface area contributed by atoms with E-state index in [1.54, 1.807) is 37.3 Å². The molecule has 0 spiro atoms. The number of carbonyl (C=O) groups excluding carboxylic acids is 3. The number of benzene rings is 2. The zero-order valence-corrected chi connectivity index (χ0v) is 17.4. The Bertz CT molecular complexity index is 1110. The third-order valence-corrected chi connectivity index (χ3v) is 6.28. The van der Waals surface area contributed by atoms with Gasteiger partial charge in [-0.2, -0.15) is 0 Å². The maximum Gasteiger partial charge on any atom is 0.290 e. The first-order valence-corrected chi connectivity index (χ1v) is 10.4. The van der Waals surface area contributed by atoms with E-state index in [0.29, 0.717) is 41.1 Å². The van der Waals surface area contributed by atoms with Crippen LogP contribution >= 0.6 is 11.8 Å². The summed E-state index contributed by atoms with van der Waals surface area (Å²) in [5.41, 5.74) is 0.412. The van der Waals surface area contributed by atoms with E-state index in [1.165, 1.54) is 11.9 Å². The second-order valence-electron chi connectivity index (χ2n) is 7.10. The molecule has 0 aliphatic carbocycles. The summed E-state index contributed by atoms with van der Waals surface area (Å²) >= 11 is 0.578. The molecule has 6 nitrogen and oxygen atoms in total. The van der Waals surface area contributed by atoms with E-state index in [4.69, 9.17) is 4.42 Å². The highest BCUT2D eigenvalue weighted by atomic mass is 32.2. The summed E-state index contributed by atoms with van der Waals surface area (Å²) in [7, 11) is 1.50. The van der Waals surface area contributed by atoms with Gasteiger partial charge in [0.25, 0.3) is 5.24 Å². The predicted molar refractivity (Wildman–Crippen MR) is 114 cm³/mol. The number of rotatable bonds is 6. The lowest BCUT2D eigenvalue weighted by Crippen LogP contribution is -2.51. The average molecular weight is 420 g/mol. The topological polar surface area (TPSA) is 80.5 Å². The number of ketones is 1. The molecule has 1 fully saturated rings. The number of aryl methyl sites for hydroxylation is 2. The van der Waals surface area contributed by atoms with Crippen LogP contribution in [0.1, 0.15) is 23.4 Å². The molecule has 0 N–H and O–H groups in total. The summed E-state index contributed by atoms with van der Waals surface area (Å²) in [6, 6.07) is 18.3. The highest BCUT2D eigenvalue weighted by Gasteiger charge is 2.57. The van der Waals surface area contributed by atoms with Gasteiger partial charge in [-0.05, 0) is 24.6 Å². The van der Waals surface area contributed by atoms with Gasteiger partial charge in [0, 0.05) is 37.2 Å². The highest BCUT2D eigenvalue weighted by Crippen LogP contribution is 2.43. The lowest BCUT2D eigenvalue weighted by atomic mass is 9.83. The van der Waals surface area contributed by atoms with Gasteiger partial charge in [-0.1, -0.05) is 48.5 Å². The van der Waals surface area contributed by atoms with Crippen molar-refractivity contribution >= 4 is 27.9 Å². The lowest BCUT2D eigenvalue weighted by Gasteiger charge is -2.32. The van der Waals surface area contributed by atoms with Gasteiger partial charge in [-0.15, -0.1) is 0 Å². The molecule has 3 aromatic rings. The number of oxazole rings is 1. The molecule has 1 unspecified atom stereocenters. The van der Waals surface area contributed by atoms with Crippen molar-refractivity contribution < 1.29 is 18.8 Å². The van der Waals surface area contributed by atoms with Crippen molar-refractivity contribution in [2.24, 2.45) is 0 Å². The Morgan fingerprint density at radius 1 is 1.07 bits per heavy atom. The fourth-order valence-corrected chi connectivity index (χ4v) is 4.67. The Labute approximate surface area is 178 Å². The van der Waals surface area contributed by atoms with Crippen LogP contribution in [0, 0.1) is 6.92 Å². The van der Waals surface area contributed by atoms with Crippen molar-refractivity contribution in [3.8, 4) is 11.5 Å². The summed E-state index contributed by atoms with van der Waals surface area (Å²) in [5.74, 6) is 0.795. The minimum absolute atomic E-state index is 0.0560. The Kier molecular flexibility index (Phi) is 5.30. The Balaban J connectivity index is 1.62. The summed E-state index contributed by atoms with van der Waals surface area (Å²) < 4.78 is 5.77. The number of hydrogen-bond donors (Lipinski definition) is 0. The van der Waals surface area contributed by atoms with Crippen LogP contribution in [0.25, 0.3) is 11.5 Å². The van der Waals surface area contributed by atoms with Crippen molar-refractivity contribution in [1.82, 2.24) is 9.88 Å². The molecule has 1 aliphatic heterocycles. The molecule has 0 bridgehead atoms. The predicted octanol–water partition coefficient (Wildman–Crippen LogP) is 4.37. The molecule has 1 aliphatic rings. The second kappa shape index (κ2) is 7.91. The number of carbonyl (C=O) groups is 3. The third kappa shape index (κ3) is 3.25. The normalized spacial score (nSPS) is 18.8. The molecule has 1 aromatic heterocycles. The van der Waals surface area contributed by atoms with Gasteiger partial charge in [0.05, 0.1) is 5.69 Å². The van der Waals surface area contributed by atoms with Crippen LogP contribution in [0.3, 0.4) is 0 Å². The van der Waals surface area contributed by atoms with Gasteiger partial charge in [-0.3, -0.25) is 14.4 Å². The van der Waals surface area contributed by atoms with Crippen molar-refractivity contribution in [3.05, 3.63) is 77.7 Å². The Morgan fingerprint density at radius 2 is 1.70 bits per heavy atom. The number of aromatic nitrogens is 1. The van der Waals surface area contributed by atoms with Gasteiger partial charge < -0.3 is 9.32 Å². The molecule has 30 heavy (non-hydrogen) atoms. The Morgan fingerprint density at radius 3 is 2.30 bits per heavy atom. The summed E-state index contributed by atoms with van der Waals surface area (Å²) in [4.78, 5) is 44.3. The van der Waals surface area contributed by atoms with E-state index in [2.05, 4.69) is 4.98 Å². The van der Waals surface area contributed by atoms with E-state index >= 15 is 0 Å². The molecule has 1 amide bonds. The van der Waals surface area contributed by atoms with E-state index in [0.717, 1.165) is 5.56 Å². The molecule has 1 atom stereocenters. The van der Waals surface area contributed by atoms with Crippen LogP contribution in [0.5, 0.6) is 0 Å². The molecule has 0 radical (unpaired) electrons. The van der Waals surface area contributed by atoms with Crippen LogP contribution in [-0.2, 0) is 21.5 Å². The maximum absolute atomic E-state index is 13.4. The lowest BCUT2D eigenvalue weighted by molar-refractivity contribution is -0.136. The van der Waals surface area contributed by atoms with Gasteiger partial charge in [0.15, 0.2) is 11.3 Å². The monoisotopic (exact) mass is 420 g/mol. The first kappa shape index (κ1) is 20.1. The zero-order chi connectivity index (χ0) is 21.3. The molecule has 2 heterocycles. The maximum atomic E-state index is 13.4. The van der Waals surface area contributed by atoms with Gasteiger partial charge in [0.2, 0.25) is 11.0 Å². The number of nitrogens with zero attached hydrogens (tertiary/aromatic N) is 2. The summed E-state index contributed by atoms with van der Waals surface area (Å²) in [5, 5.41) is -0.894. The van der Waals surface area contributed by atoms with Gasteiger partial charge in [-0.25, -0.2) is 4.98 Å². The smallest absolute Gasteiger partial charge is 0.290 e. The highest BCUT2D eigenvalue weighted by molar-refractivity contribution is 8.26. The fourth-order valence-electron chi connectivity index (χ4n) is 3.73. The number of thioether (sulfide) groups is 1. The van der Waals surface area contributed by atoms with Crippen LogP contribution in [-0.4, -0.2) is 33.1 Å². The van der Waals surface area contributed by atoms with Crippen LogP contribution in [0.15, 0.2) is 65.1 Å². The second-order valence-corrected chi connectivity index (χ2v) is 8.03. The van der Waals surface area contributed by atoms with Crippen molar-refractivity contribution in [3.63, 3.8) is 0 Å². The fraction of sp³-hybridized carbons (Fsp3) is 0.217. The molecular formula is C23H20N2O4S. The first-order valence-electron chi connectivity index (χ1n) is 9.55. The van der Waals surface area contributed by atoms with E-state index < -0.39 is 15.9 Å². The van der Waals surface area contributed by atoms with Gasteiger partial charge >= 0.3 is 0 Å². The third-order valence-electron chi connectivity index (χ3n) is 5.35. The summed E-state index contributed by atoms with van der Waals surface area (Å²) in [6.45, 7) is 1.80. The van der Waals surface area contributed by atoms with E-state index in [9.17, 15) is 14.4 Å². The van der Waals surface area contributed by atoms with Gasteiger partial charge in [0.1, 0.15) is 5.76 Å². The summed E-state index contributed by atoms with van der Waals surface area (Å²) in [6.07, 6.45) is 0.371. The standard InChI is InChI=1S/C23H20N2O4S/c1-15-18(24-20(29-15)16-9-5-3-6-10-16)13-14-19(26)23(17-11-7-4-8-12-17)21(27)30-22(28)25(23)2/h3-12H,13-14H2,1-2H3. The quantitative estimate of drug-likeness (QED) is 0.551. The van der Waals surface area contributed by atoms with Crippen molar-refractivity contribution in [2.45, 2.75) is 25.3 Å². The molecular weight excluding hydrogens is 400 g/mol. The van der Waals surface area contributed by atoms with Crippen molar-refractivity contribution in [2.75, 3.05) is 7.05 Å². The molecule has 2 aromatic carbocycles. The Hall–Kier alpha value is -3.19. The number of amides is 1. The SMILES string of the molecule is Cc1oc(-c2ccccc2)nc1CCC(=O)C1(c2ccccc2)C(=O)SC(=O)N1C. The first-order chi connectivity index (χ1) is 14.4. The van der Waals surface area contributed by atoms with Crippen molar-refractivity contribution in [1.29, 1.82) is 0 Å². The van der Waals surface area contributed by atoms with E-state index in [-0.39, 0.29) is 12.2 Å². The number of Topliss-reactive ketones (excluding diaryl/α,β-unsaturated/α-hetero) is 1. The number of likely N-dealkylation sites (N-methyl/N-ethyl adjacent to an activating group) is 1. The van der Waals surface area contributed by atoms with Crippen LogP contribution in [0.4, 0.5) is 4.79 Å². The van der Waals surface area contributed by atoms with Crippen LogP contribution < -0.4 is 0 Å².